The molecule has 0 aromatic rings. The summed E-state index contributed by atoms with van der Waals surface area (Å²) in [6, 6.07) is 0. The minimum Gasteiger partial charge on any atom is -0.395 e. The van der Waals surface area contributed by atoms with Gasteiger partial charge in [0.2, 0.25) is 5.91 Å². The number of aliphatic hydroxyl groups excluding tert-OH is 1. The summed E-state index contributed by atoms with van der Waals surface area (Å²) in [6.07, 6.45) is 10.4. The Morgan fingerprint density at radius 3 is 2.44 bits per heavy atom. The molecule has 0 saturated heterocycles. The molecule has 1 N–H and O–H groups in total. The molecule has 0 aliphatic rings. The van der Waals surface area contributed by atoms with Gasteiger partial charge in [0.15, 0.2) is 0 Å². The fraction of sp³-hybridized carbons (Fsp3) is 0.800. The van der Waals surface area contributed by atoms with Crippen LogP contribution in [-0.2, 0) is 4.79 Å². The van der Waals surface area contributed by atoms with Crippen LogP contribution in [0.4, 0.5) is 0 Å². The van der Waals surface area contributed by atoms with Crippen LogP contribution in [-0.4, -0.2) is 35.6 Å². The van der Waals surface area contributed by atoms with Gasteiger partial charge in [-0.1, -0.05) is 32.3 Å². The molecule has 0 spiro atoms. The van der Waals surface area contributed by atoms with E-state index < -0.39 is 0 Å². The molecule has 0 heterocycles. The first kappa shape index (κ1) is 17.2. The van der Waals surface area contributed by atoms with Gasteiger partial charge in [-0.2, -0.15) is 0 Å². The molecule has 0 rings (SSSR count). The van der Waals surface area contributed by atoms with Crippen molar-refractivity contribution in [3.05, 3.63) is 12.7 Å². The number of carbonyl (C=O) groups is 1. The predicted octanol–water partition coefficient (Wildman–Crippen LogP) is 3.13. The fourth-order valence-electron chi connectivity index (χ4n) is 2.01. The van der Waals surface area contributed by atoms with Gasteiger partial charge in [-0.15, -0.1) is 6.58 Å². The van der Waals surface area contributed by atoms with Gasteiger partial charge in [0, 0.05) is 19.5 Å². The topological polar surface area (TPSA) is 40.5 Å². The summed E-state index contributed by atoms with van der Waals surface area (Å²) in [7, 11) is 0. The van der Waals surface area contributed by atoms with Crippen molar-refractivity contribution >= 4 is 5.91 Å². The zero-order valence-corrected chi connectivity index (χ0v) is 11.9. The first-order valence-corrected chi connectivity index (χ1v) is 7.25. The van der Waals surface area contributed by atoms with Gasteiger partial charge < -0.3 is 10.0 Å². The van der Waals surface area contributed by atoms with E-state index in [0.717, 1.165) is 32.2 Å². The zero-order chi connectivity index (χ0) is 13.6. The van der Waals surface area contributed by atoms with Crippen LogP contribution in [0.5, 0.6) is 0 Å². The molecule has 0 unspecified atom stereocenters. The van der Waals surface area contributed by atoms with Gasteiger partial charge in [0.1, 0.15) is 0 Å². The molecule has 1 amide bonds. The Kier molecular flexibility index (Phi) is 12.0. The lowest BCUT2D eigenvalue weighted by Gasteiger charge is -2.20. The highest BCUT2D eigenvalue weighted by atomic mass is 16.3. The van der Waals surface area contributed by atoms with Gasteiger partial charge in [0.05, 0.1) is 6.61 Å². The van der Waals surface area contributed by atoms with Gasteiger partial charge in [-0.25, -0.2) is 0 Å². The third-order valence-electron chi connectivity index (χ3n) is 3.02. The molecule has 0 aromatic heterocycles. The number of aliphatic hydroxyl groups is 1. The van der Waals surface area contributed by atoms with E-state index in [2.05, 4.69) is 13.5 Å². The molecule has 0 bridgehead atoms. The Balaban J connectivity index is 3.57. The summed E-state index contributed by atoms with van der Waals surface area (Å²) in [5, 5.41) is 8.90. The Morgan fingerprint density at radius 2 is 1.83 bits per heavy atom. The highest BCUT2D eigenvalue weighted by Crippen LogP contribution is 2.09. The lowest BCUT2D eigenvalue weighted by molar-refractivity contribution is -0.131. The van der Waals surface area contributed by atoms with Crippen molar-refractivity contribution in [2.24, 2.45) is 0 Å². The maximum absolute atomic E-state index is 11.9. The van der Waals surface area contributed by atoms with Gasteiger partial charge in [0.25, 0.3) is 0 Å². The van der Waals surface area contributed by atoms with Crippen LogP contribution in [0.15, 0.2) is 12.7 Å². The summed E-state index contributed by atoms with van der Waals surface area (Å²) in [5.41, 5.74) is 0. The molecule has 0 aromatic carbocycles. The number of allylic oxidation sites excluding steroid dienone is 1. The minimum absolute atomic E-state index is 0.0628. The fourth-order valence-corrected chi connectivity index (χ4v) is 2.01. The maximum atomic E-state index is 11.9. The van der Waals surface area contributed by atoms with Gasteiger partial charge in [-0.3, -0.25) is 4.79 Å². The van der Waals surface area contributed by atoms with E-state index in [4.69, 9.17) is 5.11 Å². The van der Waals surface area contributed by atoms with Crippen molar-refractivity contribution in [2.45, 2.75) is 58.3 Å². The SMILES string of the molecule is C=CCCCCCCCC(=O)N(CCC)CCO. The number of hydrogen-bond donors (Lipinski definition) is 1. The van der Waals surface area contributed by atoms with Crippen LogP contribution in [0.25, 0.3) is 0 Å². The van der Waals surface area contributed by atoms with Crippen LogP contribution in [0, 0.1) is 0 Å². The van der Waals surface area contributed by atoms with E-state index in [1.807, 2.05) is 6.08 Å². The van der Waals surface area contributed by atoms with Crippen molar-refractivity contribution in [1.29, 1.82) is 0 Å². The molecule has 0 aliphatic heterocycles. The van der Waals surface area contributed by atoms with E-state index in [1.54, 1.807) is 4.90 Å². The van der Waals surface area contributed by atoms with Crippen LogP contribution >= 0.6 is 0 Å². The summed E-state index contributed by atoms with van der Waals surface area (Å²) in [5.74, 6) is 0.192. The van der Waals surface area contributed by atoms with Crippen LogP contribution in [0.1, 0.15) is 58.3 Å². The lowest BCUT2D eigenvalue weighted by Crippen LogP contribution is -2.34. The number of amides is 1. The second-order valence-electron chi connectivity index (χ2n) is 4.70. The average Bonchev–Trinajstić information content (AvgIpc) is 2.37. The highest BCUT2D eigenvalue weighted by Gasteiger charge is 2.10. The number of unbranched alkanes of at least 4 members (excludes halogenated alkanes) is 5. The molecular weight excluding hydrogens is 226 g/mol. The average molecular weight is 255 g/mol. The van der Waals surface area contributed by atoms with E-state index >= 15 is 0 Å². The number of carbonyl (C=O) groups excluding carboxylic acids is 1. The quantitative estimate of drug-likeness (QED) is 0.430. The molecule has 0 atom stereocenters. The first-order chi connectivity index (χ1) is 8.76. The Labute approximate surface area is 112 Å². The highest BCUT2D eigenvalue weighted by molar-refractivity contribution is 5.76. The summed E-state index contributed by atoms with van der Waals surface area (Å²) < 4.78 is 0. The van der Waals surface area contributed by atoms with E-state index in [0.29, 0.717) is 13.0 Å². The van der Waals surface area contributed by atoms with E-state index in [-0.39, 0.29) is 12.5 Å². The van der Waals surface area contributed by atoms with Crippen molar-refractivity contribution in [3.8, 4) is 0 Å². The Hall–Kier alpha value is -0.830. The smallest absolute Gasteiger partial charge is 0.222 e. The predicted molar refractivity (Wildman–Crippen MR) is 76.5 cm³/mol. The Bertz CT molecular complexity index is 211. The van der Waals surface area contributed by atoms with Crippen molar-refractivity contribution in [3.63, 3.8) is 0 Å². The molecule has 0 radical (unpaired) electrons. The van der Waals surface area contributed by atoms with E-state index in [1.165, 1.54) is 19.3 Å². The Morgan fingerprint density at radius 1 is 1.17 bits per heavy atom. The molecule has 0 saturated carbocycles. The number of hydrogen-bond acceptors (Lipinski definition) is 2. The summed E-state index contributed by atoms with van der Waals surface area (Å²) >= 11 is 0. The molecular formula is C15H29NO2. The van der Waals surface area contributed by atoms with Crippen LogP contribution in [0.3, 0.4) is 0 Å². The maximum Gasteiger partial charge on any atom is 0.222 e. The van der Waals surface area contributed by atoms with Crippen molar-refractivity contribution in [2.75, 3.05) is 19.7 Å². The summed E-state index contributed by atoms with van der Waals surface area (Å²) in [6.45, 7) is 7.06. The van der Waals surface area contributed by atoms with E-state index in [9.17, 15) is 4.79 Å². The third kappa shape index (κ3) is 9.23. The molecule has 3 heteroatoms. The molecule has 106 valence electrons. The van der Waals surface area contributed by atoms with Crippen molar-refractivity contribution < 1.29 is 9.90 Å². The minimum atomic E-state index is 0.0628. The summed E-state index contributed by atoms with van der Waals surface area (Å²) in [4.78, 5) is 13.6. The number of rotatable bonds is 12. The van der Waals surface area contributed by atoms with Gasteiger partial charge >= 0.3 is 0 Å². The van der Waals surface area contributed by atoms with Crippen LogP contribution < -0.4 is 0 Å². The second kappa shape index (κ2) is 12.6. The standard InChI is InChI=1S/C15H29NO2/c1-3-5-6-7-8-9-10-11-15(18)16(12-4-2)13-14-17/h3,17H,1,4-14H2,2H3. The molecule has 0 fully saturated rings. The first-order valence-electron chi connectivity index (χ1n) is 7.25. The lowest BCUT2D eigenvalue weighted by atomic mass is 10.1. The number of nitrogens with zero attached hydrogens (tertiary/aromatic N) is 1. The largest absolute Gasteiger partial charge is 0.395 e. The molecule has 0 aliphatic carbocycles. The van der Waals surface area contributed by atoms with Gasteiger partial charge in [-0.05, 0) is 25.7 Å². The zero-order valence-electron chi connectivity index (χ0n) is 11.9. The molecule has 18 heavy (non-hydrogen) atoms. The molecule has 3 nitrogen and oxygen atoms in total. The monoisotopic (exact) mass is 255 g/mol. The van der Waals surface area contributed by atoms with Crippen LogP contribution in [0.2, 0.25) is 0 Å². The normalized spacial score (nSPS) is 10.3. The van der Waals surface area contributed by atoms with Crippen molar-refractivity contribution in [1.82, 2.24) is 4.90 Å². The second-order valence-corrected chi connectivity index (χ2v) is 4.70. The third-order valence-corrected chi connectivity index (χ3v) is 3.02.